The van der Waals surface area contributed by atoms with Crippen molar-refractivity contribution in [1.29, 1.82) is 0 Å². The van der Waals surface area contributed by atoms with E-state index >= 15 is 0 Å². The highest BCUT2D eigenvalue weighted by Crippen LogP contribution is 2.38. The van der Waals surface area contributed by atoms with Crippen LogP contribution in [-0.2, 0) is 9.59 Å². The van der Waals surface area contributed by atoms with E-state index in [-0.39, 0.29) is 23.8 Å². The van der Waals surface area contributed by atoms with Crippen LogP contribution in [0, 0.1) is 5.92 Å². The van der Waals surface area contributed by atoms with Gasteiger partial charge in [-0.25, -0.2) is 4.98 Å². The van der Waals surface area contributed by atoms with Gasteiger partial charge in [-0.3, -0.25) is 9.59 Å². The first-order chi connectivity index (χ1) is 16.2. The Bertz CT molecular complexity index is 1080. The van der Waals surface area contributed by atoms with Crippen LogP contribution in [0.2, 0.25) is 0 Å². The molecule has 6 nitrogen and oxygen atoms in total. The number of likely N-dealkylation sites (tertiary alicyclic amines) is 2. The molecular weight excluding hydrogens is 434 g/mol. The molecule has 7 heteroatoms. The van der Waals surface area contributed by atoms with Crippen molar-refractivity contribution in [3.8, 4) is 5.75 Å². The monoisotopic (exact) mass is 463 g/mol. The average Bonchev–Trinajstić information content (AvgIpc) is 3.51. The fraction of sp³-hybridized carbons (Fsp3) is 0.423. The van der Waals surface area contributed by atoms with Crippen molar-refractivity contribution in [2.75, 3.05) is 26.2 Å². The predicted octanol–water partition coefficient (Wildman–Crippen LogP) is 4.67. The molecule has 5 rings (SSSR count). The number of aromatic nitrogens is 1. The number of piperidine rings is 1. The molecular formula is C26H29N3O3S. The Hall–Kier alpha value is -2.93. The van der Waals surface area contributed by atoms with E-state index in [0.29, 0.717) is 19.6 Å². The largest absolute Gasteiger partial charge is 0.493 e. The molecule has 0 radical (unpaired) electrons. The van der Waals surface area contributed by atoms with Gasteiger partial charge in [-0.15, -0.1) is 11.3 Å². The van der Waals surface area contributed by atoms with E-state index in [9.17, 15) is 9.59 Å². The number of amides is 2. The summed E-state index contributed by atoms with van der Waals surface area (Å²) in [6.45, 7) is 2.35. The second-order valence-electron chi connectivity index (χ2n) is 8.80. The fourth-order valence-corrected chi connectivity index (χ4v) is 6.01. The number of fused-ring (bicyclic) bond motifs is 1. The van der Waals surface area contributed by atoms with Gasteiger partial charge in [-0.1, -0.05) is 30.3 Å². The van der Waals surface area contributed by atoms with Crippen LogP contribution in [0.25, 0.3) is 10.2 Å². The second-order valence-corrected chi connectivity index (χ2v) is 9.86. The van der Waals surface area contributed by atoms with E-state index < -0.39 is 0 Å². The maximum atomic E-state index is 13.5. The van der Waals surface area contributed by atoms with Crippen molar-refractivity contribution in [2.24, 2.45) is 5.92 Å². The van der Waals surface area contributed by atoms with E-state index in [0.717, 1.165) is 55.0 Å². The number of ether oxygens (including phenoxy) is 1. The lowest BCUT2D eigenvalue weighted by Crippen LogP contribution is -2.46. The first kappa shape index (κ1) is 21.9. The van der Waals surface area contributed by atoms with Crippen LogP contribution in [0.1, 0.15) is 43.2 Å². The van der Waals surface area contributed by atoms with Gasteiger partial charge < -0.3 is 14.5 Å². The molecule has 0 N–H and O–H groups in total. The van der Waals surface area contributed by atoms with Crippen LogP contribution in [-0.4, -0.2) is 52.8 Å². The Labute approximate surface area is 198 Å². The SMILES string of the molecule is O=C(CCOc1ccccc1)N1CCCC(C(=O)N2CCCC2c2nc3ccccc3s2)C1. The predicted molar refractivity (Wildman–Crippen MR) is 129 cm³/mol. The van der Waals surface area contributed by atoms with Crippen molar-refractivity contribution < 1.29 is 14.3 Å². The maximum Gasteiger partial charge on any atom is 0.228 e. The Morgan fingerprint density at radius 1 is 1.00 bits per heavy atom. The summed E-state index contributed by atoms with van der Waals surface area (Å²) in [5, 5.41) is 1.03. The highest BCUT2D eigenvalue weighted by atomic mass is 32.1. The minimum atomic E-state index is -0.132. The molecule has 0 spiro atoms. The number of thiazole rings is 1. The van der Waals surface area contributed by atoms with Crippen LogP contribution in [0.4, 0.5) is 0 Å². The molecule has 1 aromatic heterocycles. The number of para-hydroxylation sites is 2. The molecule has 2 aliphatic rings. The van der Waals surface area contributed by atoms with Gasteiger partial charge in [0.25, 0.3) is 0 Å². The second kappa shape index (κ2) is 9.91. The first-order valence-electron chi connectivity index (χ1n) is 11.8. The number of hydrogen-bond donors (Lipinski definition) is 0. The third-order valence-corrected chi connectivity index (χ3v) is 7.72. The number of nitrogens with zero attached hydrogens (tertiary/aromatic N) is 3. The minimum absolute atomic E-state index is 0.0558. The summed E-state index contributed by atoms with van der Waals surface area (Å²) >= 11 is 1.69. The Balaban J connectivity index is 1.19. The van der Waals surface area contributed by atoms with Crippen molar-refractivity contribution in [3.05, 3.63) is 59.6 Å². The first-order valence-corrected chi connectivity index (χ1v) is 12.6. The van der Waals surface area contributed by atoms with Gasteiger partial charge in [-0.05, 0) is 49.9 Å². The lowest BCUT2D eigenvalue weighted by Gasteiger charge is -2.35. The number of benzene rings is 2. The third kappa shape index (κ3) is 4.88. The van der Waals surface area contributed by atoms with Crippen molar-refractivity contribution in [2.45, 2.75) is 38.1 Å². The Morgan fingerprint density at radius 2 is 1.79 bits per heavy atom. The summed E-state index contributed by atoms with van der Waals surface area (Å²) in [5.41, 5.74) is 1.00. The zero-order chi connectivity index (χ0) is 22.6. The van der Waals surface area contributed by atoms with Crippen molar-refractivity contribution in [1.82, 2.24) is 14.8 Å². The van der Waals surface area contributed by atoms with E-state index in [1.54, 1.807) is 11.3 Å². The zero-order valence-electron chi connectivity index (χ0n) is 18.7. The summed E-state index contributed by atoms with van der Waals surface area (Å²) in [6.07, 6.45) is 3.98. The highest BCUT2D eigenvalue weighted by molar-refractivity contribution is 7.18. The number of rotatable bonds is 6. The molecule has 2 aliphatic heterocycles. The molecule has 0 bridgehead atoms. The molecule has 2 fully saturated rings. The molecule has 2 amide bonds. The molecule has 3 aromatic rings. The zero-order valence-corrected chi connectivity index (χ0v) is 19.5. The smallest absolute Gasteiger partial charge is 0.228 e. The van der Waals surface area contributed by atoms with Gasteiger partial charge in [-0.2, -0.15) is 0 Å². The van der Waals surface area contributed by atoms with Crippen LogP contribution in [0.3, 0.4) is 0 Å². The molecule has 2 atom stereocenters. The fourth-order valence-electron chi connectivity index (χ4n) is 4.89. The van der Waals surface area contributed by atoms with Crippen molar-refractivity contribution >= 4 is 33.4 Å². The quantitative estimate of drug-likeness (QED) is 0.533. The standard InChI is InChI=1S/C26H29N3O3S/c30-24(14-17-32-20-9-2-1-3-10-20)28-15-6-8-19(18-28)26(31)29-16-7-12-22(29)25-27-21-11-4-5-13-23(21)33-25/h1-5,9-11,13,19,22H,6-8,12,14-18H2. The molecule has 3 heterocycles. The molecule has 2 saturated heterocycles. The van der Waals surface area contributed by atoms with E-state index in [1.807, 2.05) is 58.3 Å². The normalized spacial score (nSPS) is 20.8. The van der Waals surface area contributed by atoms with Gasteiger partial charge >= 0.3 is 0 Å². The van der Waals surface area contributed by atoms with E-state index in [1.165, 1.54) is 4.70 Å². The van der Waals surface area contributed by atoms with Gasteiger partial charge in [0.2, 0.25) is 11.8 Å². The summed E-state index contributed by atoms with van der Waals surface area (Å²) in [4.78, 5) is 35.0. The van der Waals surface area contributed by atoms with Gasteiger partial charge in [0.05, 0.1) is 35.2 Å². The lowest BCUT2D eigenvalue weighted by molar-refractivity contribution is -0.141. The molecule has 2 aromatic carbocycles. The van der Waals surface area contributed by atoms with E-state index in [2.05, 4.69) is 6.07 Å². The topological polar surface area (TPSA) is 62.7 Å². The Morgan fingerprint density at radius 3 is 2.64 bits per heavy atom. The van der Waals surface area contributed by atoms with E-state index in [4.69, 9.17) is 9.72 Å². The Kier molecular flexibility index (Phi) is 6.58. The average molecular weight is 464 g/mol. The highest BCUT2D eigenvalue weighted by Gasteiger charge is 2.37. The third-order valence-electron chi connectivity index (χ3n) is 6.58. The van der Waals surface area contributed by atoms with Crippen LogP contribution < -0.4 is 4.74 Å². The van der Waals surface area contributed by atoms with Crippen LogP contribution >= 0.6 is 11.3 Å². The van der Waals surface area contributed by atoms with Crippen LogP contribution in [0.5, 0.6) is 5.75 Å². The number of hydrogen-bond acceptors (Lipinski definition) is 5. The molecule has 172 valence electrons. The summed E-state index contributed by atoms with van der Waals surface area (Å²) in [6, 6.07) is 17.7. The lowest BCUT2D eigenvalue weighted by atomic mass is 9.96. The van der Waals surface area contributed by atoms with Gasteiger partial charge in [0.15, 0.2) is 0 Å². The molecule has 2 unspecified atom stereocenters. The van der Waals surface area contributed by atoms with Crippen molar-refractivity contribution in [3.63, 3.8) is 0 Å². The number of carbonyl (C=O) groups is 2. The minimum Gasteiger partial charge on any atom is -0.493 e. The summed E-state index contributed by atoms with van der Waals surface area (Å²) in [7, 11) is 0. The molecule has 0 aliphatic carbocycles. The maximum absolute atomic E-state index is 13.5. The molecule has 0 saturated carbocycles. The van der Waals surface area contributed by atoms with Crippen LogP contribution in [0.15, 0.2) is 54.6 Å². The number of carbonyl (C=O) groups excluding carboxylic acids is 2. The van der Waals surface area contributed by atoms with Gasteiger partial charge in [0, 0.05) is 19.6 Å². The summed E-state index contributed by atoms with van der Waals surface area (Å²) in [5.74, 6) is 0.877. The molecule has 33 heavy (non-hydrogen) atoms. The van der Waals surface area contributed by atoms with Gasteiger partial charge in [0.1, 0.15) is 10.8 Å². The summed E-state index contributed by atoms with van der Waals surface area (Å²) < 4.78 is 6.85.